The van der Waals surface area contributed by atoms with Crippen molar-refractivity contribution in [2.45, 2.75) is 4.90 Å². The van der Waals surface area contributed by atoms with E-state index in [0.29, 0.717) is 10.6 Å². The highest BCUT2D eigenvalue weighted by atomic mass is 35.5. The van der Waals surface area contributed by atoms with Crippen molar-refractivity contribution >= 4 is 52.3 Å². The Kier molecular flexibility index (Phi) is 5.82. The van der Waals surface area contributed by atoms with Crippen molar-refractivity contribution in [3.8, 4) is 5.75 Å². The summed E-state index contributed by atoms with van der Waals surface area (Å²) >= 11 is 19.4. The lowest BCUT2D eigenvalue weighted by molar-refractivity contribution is 0.0921. The van der Waals surface area contributed by atoms with Crippen LogP contribution in [0.25, 0.3) is 0 Å². The molecule has 0 bridgehead atoms. The van der Waals surface area contributed by atoms with Gasteiger partial charge in [-0.25, -0.2) is 0 Å². The number of ether oxygens (including phenoxy) is 1. The first-order valence-corrected chi connectivity index (χ1v) is 8.31. The van der Waals surface area contributed by atoms with Crippen LogP contribution in [-0.2, 0) is 0 Å². The van der Waals surface area contributed by atoms with Gasteiger partial charge in [0.05, 0.1) is 10.0 Å². The first kappa shape index (κ1) is 16.5. The van der Waals surface area contributed by atoms with E-state index in [4.69, 9.17) is 39.5 Å². The van der Waals surface area contributed by atoms with Gasteiger partial charge in [-0.3, -0.25) is 4.79 Å². The topological polar surface area (TPSA) is 26.3 Å². The van der Waals surface area contributed by atoms with Gasteiger partial charge in [0, 0.05) is 15.5 Å². The first-order chi connectivity index (χ1) is 10.0. The monoisotopic (exact) mass is 360 g/mol. The molecule has 110 valence electrons. The molecule has 0 spiro atoms. The van der Waals surface area contributed by atoms with E-state index >= 15 is 0 Å². The van der Waals surface area contributed by atoms with Crippen LogP contribution in [0.1, 0.15) is 10.4 Å². The van der Waals surface area contributed by atoms with Gasteiger partial charge in [-0.2, -0.15) is 0 Å². The molecule has 0 radical (unpaired) electrons. The number of hydrogen-bond acceptors (Lipinski definition) is 3. The highest BCUT2D eigenvalue weighted by Crippen LogP contribution is 2.35. The Labute approximate surface area is 142 Å². The molecular formula is C15H11Cl3O2S. The van der Waals surface area contributed by atoms with Gasteiger partial charge in [0.1, 0.15) is 0 Å². The van der Waals surface area contributed by atoms with Crippen LogP contribution in [0.4, 0.5) is 0 Å². The van der Waals surface area contributed by atoms with E-state index in [2.05, 4.69) is 0 Å². The SMILES string of the molecule is CSc1ccc(C(=O)COc2c(Cl)cc(Cl)cc2Cl)cc1. The molecule has 0 aromatic heterocycles. The van der Waals surface area contributed by atoms with E-state index in [1.54, 1.807) is 23.9 Å². The largest absolute Gasteiger partial charge is 0.482 e. The molecule has 0 aliphatic rings. The molecule has 0 fully saturated rings. The summed E-state index contributed by atoms with van der Waals surface area (Å²) < 4.78 is 5.42. The number of carbonyl (C=O) groups is 1. The van der Waals surface area contributed by atoms with Gasteiger partial charge in [-0.05, 0) is 30.5 Å². The molecule has 2 rings (SSSR count). The van der Waals surface area contributed by atoms with Crippen LogP contribution < -0.4 is 4.74 Å². The van der Waals surface area contributed by atoms with Gasteiger partial charge in [0.15, 0.2) is 18.1 Å². The van der Waals surface area contributed by atoms with Crippen LogP contribution in [0.3, 0.4) is 0 Å². The van der Waals surface area contributed by atoms with Crippen LogP contribution >= 0.6 is 46.6 Å². The minimum atomic E-state index is -0.148. The molecule has 0 heterocycles. The third-order valence-corrected chi connectivity index (χ3v) is 4.25. The summed E-state index contributed by atoms with van der Waals surface area (Å²) in [4.78, 5) is 13.2. The Balaban J connectivity index is 2.07. The molecule has 0 unspecified atom stereocenters. The second-order valence-electron chi connectivity index (χ2n) is 4.14. The molecule has 0 aliphatic carbocycles. The average Bonchev–Trinajstić information content (AvgIpc) is 2.46. The number of rotatable bonds is 5. The van der Waals surface area contributed by atoms with E-state index in [0.717, 1.165) is 4.90 Å². The standard InChI is InChI=1S/C15H11Cl3O2S/c1-21-11-4-2-9(3-5-11)14(19)8-20-15-12(17)6-10(16)7-13(15)18/h2-7H,8H2,1H3. The van der Waals surface area contributed by atoms with Crippen molar-refractivity contribution in [2.75, 3.05) is 12.9 Å². The second-order valence-corrected chi connectivity index (χ2v) is 6.27. The molecule has 0 saturated carbocycles. The first-order valence-electron chi connectivity index (χ1n) is 5.96. The van der Waals surface area contributed by atoms with Crippen LogP contribution in [0, 0.1) is 0 Å². The third-order valence-electron chi connectivity index (χ3n) is 2.72. The Bertz CT molecular complexity index is 633. The predicted octanol–water partition coefficient (Wildman–Crippen LogP) is 5.63. The molecule has 2 nitrogen and oxygen atoms in total. The number of halogens is 3. The lowest BCUT2D eigenvalue weighted by Gasteiger charge is -2.10. The van der Waals surface area contributed by atoms with E-state index < -0.39 is 0 Å². The van der Waals surface area contributed by atoms with E-state index in [9.17, 15) is 4.79 Å². The van der Waals surface area contributed by atoms with E-state index in [-0.39, 0.29) is 28.2 Å². The van der Waals surface area contributed by atoms with Gasteiger partial charge in [-0.15, -0.1) is 11.8 Å². The van der Waals surface area contributed by atoms with Crippen LogP contribution in [-0.4, -0.2) is 18.6 Å². The highest BCUT2D eigenvalue weighted by Gasteiger charge is 2.12. The molecule has 0 amide bonds. The summed E-state index contributed by atoms with van der Waals surface area (Å²) in [7, 11) is 0. The Hall–Kier alpha value is -0.870. The number of hydrogen-bond donors (Lipinski definition) is 0. The molecule has 6 heteroatoms. The predicted molar refractivity (Wildman–Crippen MR) is 89.5 cm³/mol. The van der Waals surface area contributed by atoms with Crippen molar-refractivity contribution in [3.63, 3.8) is 0 Å². The van der Waals surface area contributed by atoms with Crippen molar-refractivity contribution < 1.29 is 9.53 Å². The van der Waals surface area contributed by atoms with E-state index in [1.165, 1.54) is 12.1 Å². The maximum absolute atomic E-state index is 12.1. The number of ketones is 1. The van der Waals surface area contributed by atoms with Crippen molar-refractivity contribution in [3.05, 3.63) is 57.0 Å². The maximum atomic E-state index is 12.1. The fraction of sp³-hybridized carbons (Fsp3) is 0.133. The van der Waals surface area contributed by atoms with Gasteiger partial charge in [0.2, 0.25) is 0 Å². The number of Topliss-reactive ketones (excluding diaryl/α,β-unsaturated/α-hetero) is 1. The maximum Gasteiger partial charge on any atom is 0.200 e. The fourth-order valence-corrected chi connectivity index (χ4v) is 3.00. The summed E-state index contributed by atoms with van der Waals surface area (Å²) in [6, 6.07) is 10.3. The Morgan fingerprint density at radius 1 is 1.10 bits per heavy atom. The van der Waals surface area contributed by atoms with Gasteiger partial charge in [0.25, 0.3) is 0 Å². The molecular weight excluding hydrogens is 351 g/mol. The second kappa shape index (κ2) is 7.41. The zero-order chi connectivity index (χ0) is 15.4. The van der Waals surface area contributed by atoms with Crippen molar-refractivity contribution in [1.82, 2.24) is 0 Å². The molecule has 0 atom stereocenters. The van der Waals surface area contributed by atoms with Gasteiger partial charge < -0.3 is 4.74 Å². The summed E-state index contributed by atoms with van der Waals surface area (Å²) in [5.41, 5.74) is 0.578. The lowest BCUT2D eigenvalue weighted by atomic mass is 10.1. The molecule has 0 aliphatic heterocycles. The lowest BCUT2D eigenvalue weighted by Crippen LogP contribution is -2.12. The number of thioether (sulfide) groups is 1. The Morgan fingerprint density at radius 3 is 2.19 bits per heavy atom. The molecule has 0 saturated heterocycles. The molecule has 21 heavy (non-hydrogen) atoms. The molecule has 2 aromatic carbocycles. The summed E-state index contributed by atoms with van der Waals surface area (Å²) in [5, 5.41) is 0.965. The van der Waals surface area contributed by atoms with Gasteiger partial charge >= 0.3 is 0 Å². The third kappa shape index (κ3) is 4.30. The summed E-state index contributed by atoms with van der Waals surface area (Å²) in [5.74, 6) is 0.113. The summed E-state index contributed by atoms with van der Waals surface area (Å²) in [6.45, 7) is -0.139. The summed E-state index contributed by atoms with van der Waals surface area (Å²) in [6.07, 6.45) is 1.98. The quantitative estimate of drug-likeness (QED) is 0.510. The minimum Gasteiger partial charge on any atom is -0.482 e. The normalized spacial score (nSPS) is 10.5. The molecule has 2 aromatic rings. The van der Waals surface area contributed by atoms with Crippen molar-refractivity contribution in [1.29, 1.82) is 0 Å². The fourth-order valence-electron chi connectivity index (χ4n) is 1.66. The Morgan fingerprint density at radius 2 is 1.67 bits per heavy atom. The zero-order valence-electron chi connectivity index (χ0n) is 11.0. The molecule has 0 N–H and O–H groups in total. The van der Waals surface area contributed by atoms with Gasteiger partial charge in [-0.1, -0.05) is 46.9 Å². The highest BCUT2D eigenvalue weighted by molar-refractivity contribution is 7.98. The average molecular weight is 362 g/mol. The zero-order valence-corrected chi connectivity index (χ0v) is 14.1. The smallest absolute Gasteiger partial charge is 0.200 e. The number of benzene rings is 2. The van der Waals surface area contributed by atoms with E-state index in [1.807, 2.05) is 18.4 Å². The van der Waals surface area contributed by atoms with Crippen LogP contribution in [0.15, 0.2) is 41.3 Å². The van der Waals surface area contributed by atoms with Crippen molar-refractivity contribution in [2.24, 2.45) is 0 Å². The minimum absolute atomic E-state index is 0.139. The number of carbonyl (C=O) groups excluding carboxylic acids is 1. The van der Waals surface area contributed by atoms with Crippen LogP contribution in [0.2, 0.25) is 15.1 Å². The van der Waals surface area contributed by atoms with Crippen LogP contribution in [0.5, 0.6) is 5.75 Å².